The topological polar surface area (TPSA) is 75.1 Å². The van der Waals surface area contributed by atoms with Gasteiger partial charge in [0.05, 0.1) is 24.7 Å². The first-order chi connectivity index (χ1) is 13.2. The lowest BCUT2D eigenvalue weighted by Gasteiger charge is -2.11. The summed E-state index contributed by atoms with van der Waals surface area (Å²) in [7, 11) is 0. The second kappa shape index (κ2) is 9.16. The minimum absolute atomic E-state index is 0.0503. The van der Waals surface area contributed by atoms with Crippen molar-refractivity contribution in [1.82, 2.24) is 15.3 Å². The highest BCUT2D eigenvalue weighted by Crippen LogP contribution is 2.26. The number of carbonyl (C=O) groups is 1. The van der Waals surface area contributed by atoms with E-state index in [1.807, 2.05) is 37.3 Å². The quantitative estimate of drug-likeness (QED) is 0.477. The van der Waals surface area contributed by atoms with E-state index in [0.29, 0.717) is 25.2 Å². The van der Waals surface area contributed by atoms with Gasteiger partial charge >= 0.3 is 0 Å². The lowest BCUT2D eigenvalue weighted by atomic mass is 9.94. The average Bonchev–Trinajstić information content (AvgIpc) is 2.71. The van der Waals surface area contributed by atoms with Crippen molar-refractivity contribution >= 4 is 5.78 Å². The number of aliphatic hydroxyl groups excluding tert-OH is 1. The van der Waals surface area contributed by atoms with Crippen LogP contribution in [0, 0.1) is 6.92 Å². The molecule has 1 heterocycles. The van der Waals surface area contributed by atoms with Crippen LogP contribution >= 0.6 is 0 Å². The minimum Gasteiger partial charge on any atom is -0.395 e. The molecule has 3 rings (SSSR count). The van der Waals surface area contributed by atoms with Crippen LogP contribution in [0.5, 0.6) is 0 Å². The van der Waals surface area contributed by atoms with Gasteiger partial charge in [-0.1, -0.05) is 48.5 Å². The molecule has 0 amide bonds. The van der Waals surface area contributed by atoms with Gasteiger partial charge in [-0.15, -0.1) is 0 Å². The fourth-order valence-corrected chi connectivity index (χ4v) is 2.95. The summed E-state index contributed by atoms with van der Waals surface area (Å²) in [5.74, 6) is -0.0503. The van der Waals surface area contributed by atoms with Crippen molar-refractivity contribution in [2.24, 2.45) is 0 Å². The summed E-state index contributed by atoms with van der Waals surface area (Å²) in [5, 5.41) is 11.8. The molecule has 0 fully saturated rings. The Morgan fingerprint density at radius 1 is 1.04 bits per heavy atom. The Morgan fingerprint density at radius 3 is 2.56 bits per heavy atom. The van der Waals surface area contributed by atoms with E-state index < -0.39 is 0 Å². The van der Waals surface area contributed by atoms with Crippen LogP contribution in [0.3, 0.4) is 0 Å². The lowest BCUT2D eigenvalue weighted by molar-refractivity contribution is 0.0987. The van der Waals surface area contributed by atoms with Gasteiger partial charge in [0, 0.05) is 19.5 Å². The molecule has 2 aromatic carbocycles. The third-order valence-corrected chi connectivity index (χ3v) is 4.47. The van der Waals surface area contributed by atoms with E-state index >= 15 is 0 Å². The molecule has 0 atom stereocenters. The number of rotatable bonds is 8. The number of ketones is 1. The van der Waals surface area contributed by atoms with Gasteiger partial charge in [-0.2, -0.15) is 0 Å². The van der Waals surface area contributed by atoms with Crippen LogP contribution in [0.4, 0.5) is 0 Å². The molecule has 0 bridgehead atoms. The number of nitrogens with zero attached hydrogens (tertiary/aromatic N) is 2. The molecule has 27 heavy (non-hydrogen) atoms. The molecule has 1 aromatic heterocycles. The standard InChI is InChI=1S/C22H23N3O2/c1-16-18(8-5-9-20(16)17-6-3-2-4-7-17)12-22(27)21-15-24-19(14-25-21)13-23-10-11-26/h2-9,14-15,23,26H,10-13H2,1H3. The molecule has 0 saturated carbocycles. The summed E-state index contributed by atoms with van der Waals surface area (Å²) in [6.07, 6.45) is 3.42. The highest BCUT2D eigenvalue weighted by atomic mass is 16.3. The summed E-state index contributed by atoms with van der Waals surface area (Å²) >= 11 is 0. The van der Waals surface area contributed by atoms with E-state index in [-0.39, 0.29) is 12.4 Å². The van der Waals surface area contributed by atoms with Crippen molar-refractivity contribution in [2.75, 3.05) is 13.2 Å². The van der Waals surface area contributed by atoms with Crippen molar-refractivity contribution in [3.8, 4) is 11.1 Å². The number of carbonyl (C=O) groups excluding carboxylic acids is 1. The van der Waals surface area contributed by atoms with Crippen LogP contribution in [0.15, 0.2) is 60.9 Å². The van der Waals surface area contributed by atoms with Crippen molar-refractivity contribution in [2.45, 2.75) is 19.9 Å². The first-order valence-electron chi connectivity index (χ1n) is 8.98. The maximum absolute atomic E-state index is 12.6. The molecule has 0 unspecified atom stereocenters. The van der Waals surface area contributed by atoms with Crippen LogP contribution in [-0.2, 0) is 13.0 Å². The van der Waals surface area contributed by atoms with Gasteiger partial charge in [-0.05, 0) is 29.2 Å². The summed E-state index contributed by atoms with van der Waals surface area (Å²) in [5.41, 5.74) is 5.49. The monoisotopic (exact) mass is 361 g/mol. The van der Waals surface area contributed by atoms with Crippen LogP contribution in [0.2, 0.25) is 0 Å². The molecular weight excluding hydrogens is 338 g/mol. The zero-order valence-electron chi connectivity index (χ0n) is 15.4. The Labute approximate surface area is 159 Å². The zero-order chi connectivity index (χ0) is 19.1. The molecule has 0 aliphatic heterocycles. The van der Waals surface area contributed by atoms with Crippen molar-refractivity contribution in [3.05, 3.63) is 83.4 Å². The molecule has 5 heteroatoms. The SMILES string of the molecule is Cc1c(CC(=O)c2cnc(CNCCO)cn2)cccc1-c1ccccc1. The minimum atomic E-state index is -0.0503. The maximum atomic E-state index is 12.6. The van der Waals surface area contributed by atoms with Crippen molar-refractivity contribution < 1.29 is 9.90 Å². The largest absolute Gasteiger partial charge is 0.395 e. The summed E-state index contributed by atoms with van der Waals surface area (Å²) in [6, 6.07) is 16.2. The lowest BCUT2D eigenvalue weighted by Crippen LogP contribution is -2.18. The number of benzene rings is 2. The number of hydrogen-bond donors (Lipinski definition) is 2. The van der Waals surface area contributed by atoms with Gasteiger partial charge in [-0.3, -0.25) is 9.78 Å². The van der Waals surface area contributed by atoms with Crippen LogP contribution in [0.1, 0.15) is 27.3 Å². The number of nitrogens with one attached hydrogen (secondary N) is 1. The normalized spacial score (nSPS) is 10.7. The van der Waals surface area contributed by atoms with Crippen molar-refractivity contribution in [1.29, 1.82) is 0 Å². The fourth-order valence-electron chi connectivity index (χ4n) is 2.95. The van der Waals surface area contributed by atoms with E-state index in [0.717, 1.165) is 27.9 Å². The number of hydrogen-bond acceptors (Lipinski definition) is 5. The summed E-state index contributed by atoms with van der Waals surface area (Å²) in [6.45, 7) is 3.14. The molecule has 3 aromatic rings. The Hall–Kier alpha value is -2.89. The molecular formula is C22H23N3O2. The molecule has 0 spiro atoms. The number of Topliss-reactive ketones (excluding diaryl/α,β-unsaturated/α-hetero) is 1. The predicted octanol–water partition coefficient (Wildman–Crippen LogP) is 2.96. The second-order valence-electron chi connectivity index (χ2n) is 6.35. The van der Waals surface area contributed by atoms with E-state index in [1.165, 1.54) is 6.20 Å². The van der Waals surface area contributed by atoms with E-state index in [9.17, 15) is 4.79 Å². The third kappa shape index (κ3) is 4.84. The fraction of sp³-hybridized carbons (Fsp3) is 0.227. The Bertz CT molecular complexity index is 893. The molecule has 2 N–H and O–H groups in total. The molecule has 0 aliphatic rings. The van der Waals surface area contributed by atoms with Crippen LogP contribution in [0.25, 0.3) is 11.1 Å². The Balaban J connectivity index is 1.73. The van der Waals surface area contributed by atoms with E-state index in [2.05, 4.69) is 33.5 Å². The molecule has 0 aliphatic carbocycles. The van der Waals surface area contributed by atoms with Gasteiger partial charge in [0.2, 0.25) is 0 Å². The van der Waals surface area contributed by atoms with Crippen LogP contribution < -0.4 is 5.32 Å². The van der Waals surface area contributed by atoms with Gasteiger partial charge in [-0.25, -0.2) is 4.98 Å². The molecule has 0 saturated heterocycles. The maximum Gasteiger partial charge on any atom is 0.187 e. The second-order valence-corrected chi connectivity index (χ2v) is 6.35. The summed E-state index contributed by atoms with van der Waals surface area (Å²) < 4.78 is 0. The molecule has 138 valence electrons. The highest BCUT2D eigenvalue weighted by molar-refractivity contribution is 5.95. The number of aliphatic hydroxyl groups is 1. The average molecular weight is 361 g/mol. The molecule has 5 nitrogen and oxygen atoms in total. The Kier molecular flexibility index (Phi) is 6.41. The Morgan fingerprint density at radius 2 is 1.85 bits per heavy atom. The summed E-state index contributed by atoms with van der Waals surface area (Å²) in [4.78, 5) is 21.2. The number of aromatic nitrogens is 2. The van der Waals surface area contributed by atoms with Crippen molar-refractivity contribution in [3.63, 3.8) is 0 Å². The van der Waals surface area contributed by atoms with Crippen LogP contribution in [-0.4, -0.2) is 34.0 Å². The van der Waals surface area contributed by atoms with Gasteiger partial charge < -0.3 is 10.4 Å². The zero-order valence-corrected chi connectivity index (χ0v) is 15.4. The van der Waals surface area contributed by atoms with Gasteiger partial charge in [0.15, 0.2) is 5.78 Å². The highest BCUT2D eigenvalue weighted by Gasteiger charge is 2.13. The van der Waals surface area contributed by atoms with E-state index in [1.54, 1.807) is 6.20 Å². The van der Waals surface area contributed by atoms with Gasteiger partial charge in [0.1, 0.15) is 5.69 Å². The van der Waals surface area contributed by atoms with E-state index in [4.69, 9.17) is 5.11 Å². The van der Waals surface area contributed by atoms with Gasteiger partial charge in [0.25, 0.3) is 0 Å². The first-order valence-corrected chi connectivity index (χ1v) is 8.98. The molecule has 0 radical (unpaired) electrons. The predicted molar refractivity (Wildman–Crippen MR) is 105 cm³/mol. The first kappa shape index (κ1) is 18.9. The smallest absolute Gasteiger partial charge is 0.187 e. The third-order valence-electron chi connectivity index (χ3n) is 4.47.